The Kier molecular flexibility index (Phi) is 6.40. The first-order valence-corrected chi connectivity index (χ1v) is 8.58. The second-order valence-corrected chi connectivity index (χ2v) is 7.51. The Hall–Kier alpha value is -1.40. The van der Waals surface area contributed by atoms with Crippen LogP contribution in [0.15, 0.2) is 18.3 Å². The van der Waals surface area contributed by atoms with Crippen molar-refractivity contribution in [2.75, 3.05) is 19.6 Å². The minimum absolute atomic E-state index is 0.336. The number of alkyl carbamates (subject to hydrolysis) is 1. The molecule has 7 heteroatoms. The average Bonchev–Trinajstić information content (AvgIpc) is 2.87. The monoisotopic (exact) mass is 357 g/mol. The number of amides is 1. The summed E-state index contributed by atoms with van der Waals surface area (Å²) in [6.45, 7) is 7.29. The number of carbonyl (C=O) groups excluding carboxylic acids is 1. The zero-order chi connectivity index (χ0) is 17.7. The molecular formula is C17H25ClFN3O2. The Balaban J connectivity index is 2.02. The fraction of sp³-hybridized carbons (Fsp3) is 0.647. The summed E-state index contributed by atoms with van der Waals surface area (Å²) in [7, 11) is 0. The molecular weight excluding hydrogens is 333 g/mol. The minimum atomic E-state index is -0.758. The van der Waals surface area contributed by atoms with Crippen LogP contribution < -0.4 is 5.32 Å². The van der Waals surface area contributed by atoms with Gasteiger partial charge in [-0.05, 0) is 45.7 Å². The number of carbonyl (C=O) groups is 1. The van der Waals surface area contributed by atoms with E-state index >= 15 is 0 Å². The quantitative estimate of drug-likeness (QED) is 0.872. The number of aromatic nitrogens is 1. The van der Waals surface area contributed by atoms with Gasteiger partial charge < -0.3 is 15.0 Å². The lowest BCUT2D eigenvalue weighted by molar-refractivity contribution is 0.0497. The maximum atomic E-state index is 13.3. The molecule has 2 rings (SSSR count). The predicted octanol–water partition coefficient (Wildman–Crippen LogP) is 3.73. The molecule has 0 spiro atoms. The molecule has 1 fully saturated rings. The third-order valence-electron chi connectivity index (χ3n) is 3.74. The summed E-state index contributed by atoms with van der Waals surface area (Å²) in [5, 5.41) is 3.41. The summed E-state index contributed by atoms with van der Waals surface area (Å²) in [5.41, 5.74) is 0.0941. The van der Waals surface area contributed by atoms with Crippen molar-refractivity contribution in [3.8, 4) is 0 Å². The third kappa shape index (κ3) is 6.24. The molecule has 24 heavy (non-hydrogen) atoms. The molecule has 0 aliphatic carbocycles. The van der Waals surface area contributed by atoms with Crippen molar-refractivity contribution in [3.63, 3.8) is 0 Å². The molecule has 5 nitrogen and oxygen atoms in total. The van der Waals surface area contributed by atoms with Gasteiger partial charge in [0.15, 0.2) is 0 Å². The van der Waals surface area contributed by atoms with E-state index in [-0.39, 0.29) is 6.04 Å². The van der Waals surface area contributed by atoms with E-state index in [2.05, 4.69) is 15.2 Å². The van der Waals surface area contributed by atoms with Gasteiger partial charge in [-0.3, -0.25) is 4.98 Å². The standard InChI is InChI=1S/C17H25ClFN3O2/c1-17(2,3)24-16(23)21-14(15-10-12(18)4-7-20-15)6-9-22-8-5-13(19)11-22/h4,7,10,13-14H,5-6,8-9,11H2,1-3H3,(H,21,23)/t13-,14?/m1/s1. The van der Waals surface area contributed by atoms with Crippen molar-refractivity contribution in [1.82, 2.24) is 15.2 Å². The predicted molar refractivity (Wildman–Crippen MR) is 91.9 cm³/mol. The molecule has 1 aliphatic rings. The molecule has 2 atom stereocenters. The third-order valence-corrected chi connectivity index (χ3v) is 3.98. The van der Waals surface area contributed by atoms with Gasteiger partial charge in [-0.2, -0.15) is 0 Å². The molecule has 0 bridgehead atoms. The number of rotatable bonds is 5. The molecule has 2 heterocycles. The Morgan fingerprint density at radius 1 is 1.58 bits per heavy atom. The van der Waals surface area contributed by atoms with Crippen LogP contribution in [0.1, 0.15) is 45.3 Å². The van der Waals surface area contributed by atoms with Crippen LogP contribution in [0.2, 0.25) is 5.02 Å². The lowest BCUT2D eigenvalue weighted by Gasteiger charge is -2.25. The number of halogens is 2. The van der Waals surface area contributed by atoms with Crippen LogP contribution in [0.25, 0.3) is 0 Å². The second kappa shape index (κ2) is 8.12. The fourth-order valence-corrected chi connectivity index (χ4v) is 2.82. The SMILES string of the molecule is CC(C)(C)OC(=O)NC(CCN1CC[C@@H](F)C1)c1cc(Cl)ccn1. The van der Waals surface area contributed by atoms with Crippen molar-refractivity contribution >= 4 is 17.7 Å². The number of ether oxygens (including phenoxy) is 1. The summed E-state index contributed by atoms with van der Waals surface area (Å²) < 4.78 is 18.6. The topological polar surface area (TPSA) is 54.5 Å². The van der Waals surface area contributed by atoms with Crippen molar-refractivity contribution < 1.29 is 13.9 Å². The number of alkyl halides is 1. The first kappa shape index (κ1) is 18.9. The molecule has 0 saturated carbocycles. The summed E-state index contributed by atoms with van der Waals surface area (Å²) >= 11 is 6.03. The molecule has 1 aromatic heterocycles. The first-order chi connectivity index (χ1) is 11.2. The Bertz CT molecular complexity index is 565. The highest BCUT2D eigenvalue weighted by atomic mass is 35.5. The van der Waals surface area contributed by atoms with Crippen LogP contribution in [0, 0.1) is 0 Å². The van der Waals surface area contributed by atoms with Crippen LogP contribution >= 0.6 is 11.6 Å². The van der Waals surface area contributed by atoms with Gasteiger partial charge in [0.25, 0.3) is 0 Å². The van der Waals surface area contributed by atoms with Gasteiger partial charge in [0, 0.05) is 30.9 Å². The van der Waals surface area contributed by atoms with E-state index in [0.717, 1.165) is 6.54 Å². The number of likely N-dealkylation sites (tertiary alicyclic amines) is 1. The van der Waals surface area contributed by atoms with Gasteiger partial charge in [0.05, 0.1) is 11.7 Å². The smallest absolute Gasteiger partial charge is 0.408 e. The normalized spacial score (nSPS) is 20.0. The van der Waals surface area contributed by atoms with Gasteiger partial charge in [0.1, 0.15) is 11.8 Å². The van der Waals surface area contributed by atoms with Crippen molar-refractivity contribution in [3.05, 3.63) is 29.0 Å². The van der Waals surface area contributed by atoms with E-state index < -0.39 is 17.9 Å². The van der Waals surface area contributed by atoms with E-state index in [1.165, 1.54) is 0 Å². The zero-order valence-corrected chi connectivity index (χ0v) is 15.1. The average molecular weight is 358 g/mol. The zero-order valence-electron chi connectivity index (χ0n) is 14.4. The van der Waals surface area contributed by atoms with Crippen molar-refractivity contribution in [2.24, 2.45) is 0 Å². The molecule has 1 N–H and O–H groups in total. The highest BCUT2D eigenvalue weighted by Gasteiger charge is 2.25. The van der Waals surface area contributed by atoms with Crippen LogP contribution in [0.5, 0.6) is 0 Å². The lowest BCUT2D eigenvalue weighted by atomic mass is 10.1. The summed E-state index contributed by atoms with van der Waals surface area (Å²) in [6.07, 6.45) is 1.53. The number of nitrogens with zero attached hydrogens (tertiary/aromatic N) is 2. The molecule has 1 amide bonds. The van der Waals surface area contributed by atoms with Gasteiger partial charge in [-0.1, -0.05) is 11.6 Å². The van der Waals surface area contributed by atoms with Crippen LogP contribution in [0.4, 0.5) is 9.18 Å². The summed E-state index contributed by atoms with van der Waals surface area (Å²) in [6, 6.07) is 3.08. The lowest BCUT2D eigenvalue weighted by Crippen LogP contribution is -2.36. The van der Waals surface area contributed by atoms with E-state index in [9.17, 15) is 9.18 Å². The molecule has 0 aromatic carbocycles. The number of pyridine rings is 1. The largest absolute Gasteiger partial charge is 0.444 e. The van der Waals surface area contributed by atoms with Crippen LogP contribution in [-0.4, -0.2) is 47.4 Å². The molecule has 0 radical (unpaired) electrons. The molecule has 134 valence electrons. The van der Waals surface area contributed by atoms with Crippen molar-refractivity contribution in [1.29, 1.82) is 0 Å². The Morgan fingerprint density at radius 3 is 2.92 bits per heavy atom. The Morgan fingerprint density at radius 2 is 2.33 bits per heavy atom. The summed E-state index contributed by atoms with van der Waals surface area (Å²) in [4.78, 5) is 18.5. The van der Waals surface area contributed by atoms with E-state index in [0.29, 0.717) is 36.6 Å². The molecule has 1 aliphatic heterocycles. The summed E-state index contributed by atoms with van der Waals surface area (Å²) in [5.74, 6) is 0. The van der Waals surface area contributed by atoms with Gasteiger partial charge >= 0.3 is 6.09 Å². The Labute approximate surface area is 147 Å². The van der Waals surface area contributed by atoms with Crippen molar-refractivity contribution in [2.45, 2.75) is 51.4 Å². The van der Waals surface area contributed by atoms with Gasteiger partial charge in [0.2, 0.25) is 0 Å². The van der Waals surface area contributed by atoms with E-state index in [4.69, 9.17) is 16.3 Å². The number of nitrogens with one attached hydrogen (secondary N) is 1. The maximum Gasteiger partial charge on any atom is 0.408 e. The van der Waals surface area contributed by atoms with Crippen LogP contribution in [-0.2, 0) is 4.74 Å². The van der Waals surface area contributed by atoms with Crippen LogP contribution in [0.3, 0.4) is 0 Å². The molecule has 1 saturated heterocycles. The maximum absolute atomic E-state index is 13.3. The number of hydrogen-bond donors (Lipinski definition) is 1. The highest BCUT2D eigenvalue weighted by molar-refractivity contribution is 6.30. The van der Waals surface area contributed by atoms with Gasteiger partial charge in [-0.25, -0.2) is 9.18 Å². The fourth-order valence-electron chi connectivity index (χ4n) is 2.66. The second-order valence-electron chi connectivity index (χ2n) is 7.07. The van der Waals surface area contributed by atoms with E-state index in [1.54, 1.807) is 18.3 Å². The minimum Gasteiger partial charge on any atom is -0.444 e. The highest BCUT2D eigenvalue weighted by Crippen LogP contribution is 2.21. The van der Waals surface area contributed by atoms with Gasteiger partial charge in [-0.15, -0.1) is 0 Å². The molecule has 1 aromatic rings. The van der Waals surface area contributed by atoms with E-state index in [1.807, 2.05) is 20.8 Å². The molecule has 1 unspecified atom stereocenters. The first-order valence-electron chi connectivity index (χ1n) is 8.20. The number of hydrogen-bond acceptors (Lipinski definition) is 4.